The fourth-order valence-corrected chi connectivity index (χ4v) is 3.32. The largest absolute Gasteiger partial charge is 0.434 e. The Labute approximate surface area is 115 Å². The zero-order valence-electron chi connectivity index (χ0n) is 10.4. The Morgan fingerprint density at radius 2 is 2.21 bits per heavy atom. The van der Waals surface area contributed by atoms with E-state index in [0.29, 0.717) is 18.7 Å². The van der Waals surface area contributed by atoms with Crippen molar-refractivity contribution in [2.24, 2.45) is 0 Å². The van der Waals surface area contributed by atoms with E-state index in [9.17, 15) is 13.9 Å². The number of nitrogens with one attached hydrogen (secondary N) is 1. The lowest BCUT2D eigenvalue weighted by Gasteiger charge is -2.22. The lowest BCUT2D eigenvalue weighted by atomic mass is 10.0. The third-order valence-electron chi connectivity index (χ3n) is 3.04. The third-order valence-corrected chi connectivity index (χ3v) is 4.27. The fraction of sp³-hybridized carbons (Fsp3) is 0.538. The lowest BCUT2D eigenvalue weighted by Crippen LogP contribution is -2.40. The quantitative estimate of drug-likeness (QED) is 0.843. The molecule has 106 valence electrons. The molecule has 0 spiro atoms. The van der Waals surface area contributed by atoms with Crippen LogP contribution in [-0.2, 0) is 6.54 Å². The highest BCUT2D eigenvalue weighted by Gasteiger charge is 2.31. The molecule has 3 nitrogen and oxygen atoms in total. The Hall–Kier alpha value is -0.850. The zero-order valence-corrected chi connectivity index (χ0v) is 11.3. The molecule has 2 rings (SSSR count). The number of hydrogen-bond acceptors (Lipinski definition) is 4. The summed E-state index contributed by atoms with van der Waals surface area (Å²) < 4.78 is 28.9. The third kappa shape index (κ3) is 4.33. The normalized spacial score (nSPS) is 22.9. The molecule has 1 fully saturated rings. The van der Waals surface area contributed by atoms with Crippen molar-refractivity contribution in [3.05, 3.63) is 29.8 Å². The van der Waals surface area contributed by atoms with Gasteiger partial charge in [0.1, 0.15) is 5.75 Å². The van der Waals surface area contributed by atoms with Crippen LogP contribution in [0.25, 0.3) is 0 Å². The SMILES string of the molecule is OC1(CNCc2ccccc2OC(F)F)CCSC1. The van der Waals surface area contributed by atoms with Gasteiger partial charge < -0.3 is 15.2 Å². The van der Waals surface area contributed by atoms with Crippen LogP contribution >= 0.6 is 11.8 Å². The smallest absolute Gasteiger partial charge is 0.387 e. The van der Waals surface area contributed by atoms with Gasteiger partial charge in [0.25, 0.3) is 0 Å². The van der Waals surface area contributed by atoms with E-state index in [-0.39, 0.29) is 5.75 Å². The van der Waals surface area contributed by atoms with Crippen LogP contribution in [0.15, 0.2) is 24.3 Å². The maximum atomic E-state index is 12.2. The molecule has 1 saturated heterocycles. The molecule has 1 heterocycles. The molecule has 1 unspecified atom stereocenters. The summed E-state index contributed by atoms with van der Waals surface area (Å²) in [5, 5.41) is 13.3. The molecule has 19 heavy (non-hydrogen) atoms. The van der Waals surface area contributed by atoms with E-state index in [4.69, 9.17) is 0 Å². The molecule has 1 aliphatic rings. The molecule has 0 amide bonds. The lowest BCUT2D eigenvalue weighted by molar-refractivity contribution is -0.0505. The Balaban J connectivity index is 1.88. The topological polar surface area (TPSA) is 41.5 Å². The van der Waals surface area contributed by atoms with Crippen LogP contribution in [0.4, 0.5) is 8.78 Å². The van der Waals surface area contributed by atoms with E-state index >= 15 is 0 Å². The molecule has 1 atom stereocenters. The number of hydrogen-bond donors (Lipinski definition) is 2. The van der Waals surface area contributed by atoms with Crippen LogP contribution in [-0.4, -0.2) is 35.4 Å². The van der Waals surface area contributed by atoms with E-state index in [2.05, 4.69) is 10.1 Å². The monoisotopic (exact) mass is 289 g/mol. The number of ether oxygens (including phenoxy) is 1. The minimum Gasteiger partial charge on any atom is -0.434 e. The first-order chi connectivity index (χ1) is 9.09. The fourth-order valence-electron chi connectivity index (χ4n) is 2.03. The van der Waals surface area contributed by atoms with Crippen molar-refractivity contribution in [1.82, 2.24) is 5.32 Å². The summed E-state index contributed by atoms with van der Waals surface area (Å²) in [5.74, 6) is 1.86. The van der Waals surface area contributed by atoms with Gasteiger partial charge in [-0.1, -0.05) is 18.2 Å². The molecule has 1 aliphatic heterocycles. The van der Waals surface area contributed by atoms with Crippen LogP contribution in [0.3, 0.4) is 0 Å². The molecule has 2 N–H and O–H groups in total. The van der Waals surface area contributed by atoms with Crippen LogP contribution < -0.4 is 10.1 Å². The van der Waals surface area contributed by atoms with Crippen molar-refractivity contribution in [2.75, 3.05) is 18.1 Å². The summed E-state index contributed by atoms with van der Waals surface area (Å²) in [4.78, 5) is 0. The first-order valence-electron chi connectivity index (χ1n) is 6.13. The Morgan fingerprint density at radius 1 is 1.42 bits per heavy atom. The number of alkyl halides is 2. The van der Waals surface area contributed by atoms with Crippen molar-refractivity contribution in [3.8, 4) is 5.75 Å². The molecule has 0 aromatic heterocycles. The van der Waals surface area contributed by atoms with E-state index < -0.39 is 12.2 Å². The van der Waals surface area contributed by atoms with Crippen LogP contribution in [0.1, 0.15) is 12.0 Å². The number of benzene rings is 1. The molecular formula is C13H17F2NO2S. The molecule has 0 bridgehead atoms. The van der Waals surface area contributed by atoms with Gasteiger partial charge in [-0.25, -0.2) is 0 Å². The van der Waals surface area contributed by atoms with Gasteiger partial charge in [0, 0.05) is 24.4 Å². The van der Waals surface area contributed by atoms with Crippen molar-refractivity contribution >= 4 is 11.8 Å². The van der Waals surface area contributed by atoms with Crippen molar-refractivity contribution in [3.63, 3.8) is 0 Å². The van der Waals surface area contributed by atoms with E-state index in [0.717, 1.165) is 17.9 Å². The minimum atomic E-state index is -2.82. The van der Waals surface area contributed by atoms with Crippen LogP contribution in [0.2, 0.25) is 0 Å². The van der Waals surface area contributed by atoms with Gasteiger partial charge in [-0.15, -0.1) is 0 Å². The average Bonchev–Trinajstić information content (AvgIpc) is 2.78. The molecule has 0 radical (unpaired) electrons. The maximum absolute atomic E-state index is 12.2. The summed E-state index contributed by atoms with van der Waals surface area (Å²) in [5.41, 5.74) is -0.0135. The van der Waals surface area contributed by atoms with Crippen LogP contribution in [0.5, 0.6) is 5.75 Å². The highest BCUT2D eigenvalue weighted by Crippen LogP contribution is 2.27. The van der Waals surface area contributed by atoms with Gasteiger partial charge in [0.15, 0.2) is 0 Å². The average molecular weight is 289 g/mol. The first-order valence-corrected chi connectivity index (χ1v) is 7.28. The van der Waals surface area contributed by atoms with Crippen molar-refractivity contribution < 1.29 is 18.6 Å². The minimum absolute atomic E-state index is 0.179. The standard InChI is InChI=1S/C13H17F2NO2S/c14-12(15)18-11-4-2-1-3-10(11)7-16-8-13(17)5-6-19-9-13/h1-4,12,16-17H,5-9H2. The van der Waals surface area contributed by atoms with Gasteiger partial charge in [-0.2, -0.15) is 20.5 Å². The first kappa shape index (κ1) is 14.6. The summed E-state index contributed by atoms with van der Waals surface area (Å²) in [6.07, 6.45) is 0.764. The van der Waals surface area contributed by atoms with Gasteiger partial charge in [0.2, 0.25) is 0 Å². The molecule has 1 aromatic carbocycles. The highest BCUT2D eigenvalue weighted by molar-refractivity contribution is 7.99. The van der Waals surface area contributed by atoms with Gasteiger partial charge in [-0.3, -0.25) is 0 Å². The van der Waals surface area contributed by atoms with Crippen molar-refractivity contribution in [1.29, 1.82) is 0 Å². The van der Waals surface area contributed by atoms with E-state index in [1.54, 1.807) is 30.0 Å². The van der Waals surface area contributed by atoms with Gasteiger partial charge >= 0.3 is 6.61 Å². The second-order valence-electron chi connectivity index (χ2n) is 4.62. The summed E-state index contributed by atoms with van der Waals surface area (Å²) in [6, 6.07) is 6.68. The highest BCUT2D eigenvalue weighted by atomic mass is 32.2. The predicted octanol–water partition coefficient (Wildman–Crippen LogP) is 2.25. The molecule has 0 saturated carbocycles. The Bertz CT molecular complexity index is 411. The number of para-hydroxylation sites is 1. The molecule has 6 heteroatoms. The zero-order chi connectivity index (χ0) is 13.7. The van der Waals surface area contributed by atoms with Crippen LogP contribution in [0, 0.1) is 0 Å². The summed E-state index contributed by atoms with van der Waals surface area (Å²) in [7, 11) is 0. The van der Waals surface area contributed by atoms with Crippen molar-refractivity contribution in [2.45, 2.75) is 25.2 Å². The molecule has 1 aromatic rings. The molecular weight excluding hydrogens is 272 g/mol. The second-order valence-corrected chi connectivity index (χ2v) is 5.72. The number of aliphatic hydroxyl groups is 1. The Kier molecular flexibility index (Phi) is 5.01. The number of rotatable bonds is 6. The van der Waals surface area contributed by atoms with E-state index in [1.807, 2.05) is 0 Å². The summed E-state index contributed by atoms with van der Waals surface area (Å²) in [6.45, 7) is -1.96. The maximum Gasteiger partial charge on any atom is 0.387 e. The second kappa shape index (κ2) is 6.54. The summed E-state index contributed by atoms with van der Waals surface area (Å²) >= 11 is 1.72. The predicted molar refractivity (Wildman–Crippen MR) is 71.7 cm³/mol. The Morgan fingerprint density at radius 3 is 2.89 bits per heavy atom. The van der Waals surface area contributed by atoms with E-state index in [1.165, 1.54) is 6.07 Å². The van der Waals surface area contributed by atoms with Gasteiger partial charge in [0.05, 0.1) is 5.60 Å². The number of halogens is 2. The van der Waals surface area contributed by atoms with Gasteiger partial charge in [-0.05, 0) is 18.2 Å². The number of thioether (sulfide) groups is 1. The molecule has 0 aliphatic carbocycles.